The van der Waals surface area contributed by atoms with Crippen LogP contribution in [0.3, 0.4) is 0 Å². The Kier molecular flexibility index (Phi) is 10.5. The number of ether oxygens (including phenoxy) is 3. The lowest BCUT2D eigenvalue weighted by Gasteiger charge is -2.21. The van der Waals surface area contributed by atoms with E-state index in [1.807, 2.05) is 72.8 Å². The van der Waals surface area contributed by atoms with Crippen molar-refractivity contribution in [3.8, 4) is 34.5 Å². The molecule has 0 aliphatic carbocycles. The van der Waals surface area contributed by atoms with Gasteiger partial charge < -0.3 is 27.8 Å². The van der Waals surface area contributed by atoms with Gasteiger partial charge in [0.1, 0.15) is 0 Å². The largest absolute Gasteiger partial charge is 0.530 e. The second-order valence-electron chi connectivity index (χ2n) is 7.93. The minimum atomic E-state index is -2.01. The molecule has 0 heterocycles. The summed E-state index contributed by atoms with van der Waals surface area (Å²) in [5.74, 6) is 3.10. The zero-order valence-electron chi connectivity index (χ0n) is 21.6. The van der Waals surface area contributed by atoms with E-state index in [9.17, 15) is 0 Å². The first-order valence-corrected chi connectivity index (χ1v) is 12.8. The van der Waals surface area contributed by atoms with E-state index in [2.05, 4.69) is 19.7 Å². The van der Waals surface area contributed by atoms with Gasteiger partial charge in [0.2, 0.25) is 0 Å². The van der Waals surface area contributed by atoms with Gasteiger partial charge in [-0.05, 0) is 72.4 Å². The first-order valence-electron chi connectivity index (χ1n) is 11.7. The molecule has 0 amide bonds. The summed E-state index contributed by atoms with van der Waals surface area (Å²) in [4.78, 5) is 0. The van der Waals surface area contributed by atoms with Gasteiger partial charge in [0.15, 0.2) is 34.5 Å². The summed E-state index contributed by atoms with van der Waals surface area (Å²) in [6.45, 7) is 11.4. The van der Waals surface area contributed by atoms with Gasteiger partial charge >= 0.3 is 8.60 Å². The monoisotopic (exact) mass is 520 g/mol. The van der Waals surface area contributed by atoms with E-state index in [0.717, 1.165) is 16.7 Å². The molecule has 194 valence electrons. The highest BCUT2D eigenvalue weighted by Crippen LogP contribution is 2.49. The molecule has 3 aromatic carbocycles. The first kappa shape index (κ1) is 27.7. The van der Waals surface area contributed by atoms with Crippen molar-refractivity contribution in [3.05, 3.63) is 109 Å². The fourth-order valence-electron chi connectivity index (χ4n) is 3.54. The highest BCUT2D eigenvalue weighted by Gasteiger charge is 2.25. The number of hydrogen-bond donors (Lipinski definition) is 0. The van der Waals surface area contributed by atoms with Gasteiger partial charge in [-0.25, -0.2) is 0 Å². The highest BCUT2D eigenvalue weighted by atomic mass is 31.2. The zero-order chi connectivity index (χ0) is 26.6. The Hall–Kier alpha value is -3.89. The van der Waals surface area contributed by atoms with E-state index in [-0.39, 0.29) is 0 Å². The molecule has 0 aromatic heterocycles. The third kappa shape index (κ3) is 7.55. The van der Waals surface area contributed by atoms with Crippen molar-refractivity contribution in [2.24, 2.45) is 0 Å². The smallest absolute Gasteiger partial charge is 0.493 e. The lowest BCUT2D eigenvalue weighted by molar-refractivity contribution is 0.337. The molecule has 0 saturated heterocycles. The van der Waals surface area contributed by atoms with Crippen molar-refractivity contribution in [2.45, 2.75) is 19.3 Å². The molecule has 37 heavy (non-hydrogen) atoms. The normalized spacial score (nSPS) is 10.4. The Morgan fingerprint density at radius 2 is 0.811 bits per heavy atom. The summed E-state index contributed by atoms with van der Waals surface area (Å²) >= 11 is 0. The molecule has 0 aliphatic rings. The predicted molar refractivity (Wildman–Crippen MR) is 149 cm³/mol. The van der Waals surface area contributed by atoms with Crippen LogP contribution in [0.1, 0.15) is 16.7 Å². The van der Waals surface area contributed by atoms with Gasteiger partial charge in [-0.2, -0.15) is 0 Å². The molecule has 7 heteroatoms. The van der Waals surface area contributed by atoms with Gasteiger partial charge in [-0.15, -0.1) is 19.7 Å². The van der Waals surface area contributed by atoms with Crippen LogP contribution in [0.4, 0.5) is 0 Å². The Labute approximate surface area is 220 Å². The van der Waals surface area contributed by atoms with Crippen LogP contribution >= 0.6 is 8.60 Å². The second-order valence-corrected chi connectivity index (χ2v) is 8.93. The van der Waals surface area contributed by atoms with Crippen LogP contribution in [0.25, 0.3) is 0 Å². The third-order valence-corrected chi connectivity index (χ3v) is 6.38. The molecule has 6 nitrogen and oxygen atoms in total. The van der Waals surface area contributed by atoms with Gasteiger partial charge in [0.25, 0.3) is 0 Å². The summed E-state index contributed by atoms with van der Waals surface area (Å²) in [6, 6.07) is 17.0. The van der Waals surface area contributed by atoms with Crippen molar-refractivity contribution < 1.29 is 27.8 Å². The molecule has 3 rings (SSSR count). The Balaban J connectivity index is 1.97. The van der Waals surface area contributed by atoms with E-state index in [0.29, 0.717) is 53.8 Å². The molecule has 0 saturated carbocycles. The topological polar surface area (TPSA) is 55.4 Å². The Morgan fingerprint density at radius 1 is 0.514 bits per heavy atom. The maximum atomic E-state index is 6.26. The van der Waals surface area contributed by atoms with E-state index in [1.165, 1.54) is 0 Å². The fraction of sp³-hybridized carbons (Fsp3) is 0.200. The van der Waals surface area contributed by atoms with Crippen molar-refractivity contribution in [3.63, 3.8) is 0 Å². The molecule has 0 radical (unpaired) electrons. The van der Waals surface area contributed by atoms with Crippen LogP contribution in [-0.4, -0.2) is 21.3 Å². The van der Waals surface area contributed by atoms with Gasteiger partial charge in [0.05, 0.1) is 21.3 Å². The maximum Gasteiger partial charge on any atom is 0.530 e. The van der Waals surface area contributed by atoms with Crippen LogP contribution in [0, 0.1) is 0 Å². The lowest BCUT2D eigenvalue weighted by Crippen LogP contribution is -2.05. The number of rotatable bonds is 15. The molecule has 0 unspecified atom stereocenters. The predicted octanol–water partition coefficient (Wildman–Crippen LogP) is 7.66. The third-order valence-electron chi connectivity index (χ3n) is 5.34. The quantitative estimate of drug-likeness (QED) is 0.151. The molecular weight excluding hydrogens is 487 g/mol. The fourth-order valence-corrected chi connectivity index (χ4v) is 4.59. The molecular formula is C30H33O6P. The standard InChI is InChI=1S/C30H33O6P/c1-7-10-22-13-16-25(28(19-22)31-4)34-37(35-26-17-14-23(11-8-2)20-29(26)32-5)36-27-18-15-24(12-9-3)21-30(27)33-6/h7-9,13-21H,1-3,10-12H2,4-6H3. The highest BCUT2D eigenvalue weighted by molar-refractivity contribution is 7.43. The minimum absolute atomic E-state index is 0.478. The van der Waals surface area contributed by atoms with Crippen molar-refractivity contribution in [1.29, 1.82) is 0 Å². The van der Waals surface area contributed by atoms with Crippen LogP contribution in [-0.2, 0) is 19.3 Å². The van der Waals surface area contributed by atoms with Crippen molar-refractivity contribution in [1.82, 2.24) is 0 Å². The van der Waals surface area contributed by atoms with E-state index in [1.54, 1.807) is 21.3 Å². The average Bonchev–Trinajstić information content (AvgIpc) is 2.91. The number of allylic oxidation sites excluding steroid dienone is 3. The number of hydrogen-bond acceptors (Lipinski definition) is 6. The Morgan fingerprint density at radius 3 is 1.05 bits per heavy atom. The van der Waals surface area contributed by atoms with Gasteiger partial charge in [0, 0.05) is 0 Å². The van der Waals surface area contributed by atoms with Crippen molar-refractivity contribution in [2.75, 3.05) is 21.3 Å². The first-order chi connectivity index (χ1) is 18.0. The van der Waals surface area contributed by atoms with E-state index in [4.69, 9.17) is 27.8 Å². The zero-order valence-corrected chi connectivity index (χ0v) is 22.5. The van der Waals surface area contributed by atoms with E-state index >= 15 is 0 Å². The van der Waals surface area contributed by atoms with Crippen LogP contribution in [0.15, 0.2) is 92.6 Å². The molecule has 0 aliphatic heterocycles. The number of methoxy groups -OCH3 is 3. The lowest BCUT2D eigenvalue weighted by atomic mass is 10.1. The van der Waals surface area contributed by atoms with Crippen LogP contribution in [0.5, 0.6) is 34.5 Å². The second kappa shape index (κ2) is 14.0. The minimum Gasteiger partial charge on any atom is -0.493 e. The summed E-state index contributed by atoms with van der Waals surface area (Å²) in [5.41, 5.74) is 3.14. The van der Waals surface area contributed by atoms with Crippen LogP contribution in [0.2, 0.25) is 0 Å². The summed E-state index contributed by atoms with van der Waals surface area (Å²) in [7, 11) is 2.76. The summed E-state index contributed by atoms with van der Waals surface area (Å²) < 4.78 is 35.5. The summed E-state index contributed by atoms with van der Waals surface area (Å²) in [6.07, 6.45) is 7.62. The summed E-state index contributed by atoms with van der Waals surface area (Å²) in [5, 5.41) is 0. The van der Waals surface area contributed by atoms with Gasteiger partial charge in [-0.1, -0.05) is 36.4 Å². The molecule has 0 spiro atoms. The molecule has 0 atom stereocenters. The average molecular weight is 521 g/mol. The molecule has 3 aromatic rings. The number of benzene rings is 3. The molecule has 0 bridgehead atoms. The maximum absolute atomic E-state index is 6.26. The van der Waals surface area contributed by atoms with Crippen LogP contribution < -0.4 is 27.8 Å². The van der Waals surface area contributed by atoms with Crippen molar-refractivity contribution >= 4 is 8.60 Å². The van der Waals surface area contributed by atoms with Gasteiger partial charge in [-0.3, -0.25) is 0 Å². The van der Waals surface area contributed by atoms with E-state index < -0.39 is 8.60 Å². The molecule has 0 fully saturated rings. The SMILES string of the molecule is C=CCc1ccc(OP(Oc2ccc(CC=C)cc2OC)Oc2ccc(CC=C)cc2OC)c(OC)c1. The Bertz CT molecular complexity index is 1070. The molecule has 0 N–H and O–H groups in total.